The Balaban J connectivity index is 1.73. The number of hydrogen-bond donors (Lipinski definition) is 0. The van der Waals surface area contributed by atoms with Gasteiger partial charge >= 0.3 is 0 Å². The van der Waals surface area contributed by atoms with E-state index in [2.05, 4.69) is 125 Å². The van der Waals surface area contributed by atoms with E-state index in [1.165, 1.54) is 27.8 Å². The van der Waals surface area contributed by atoms with Crippen LogP contribution in [0.3, 0.4) is 0 Å². The van der Waals surface area contributed by atoms with Gasteiger partial charge in [0.05, 0.1) is 0 Å². The molecular formula is C26H21Br. The predicted octanol–water partition coefficient (Wildman–Crippen LogP) is 7.49. The van der Waals surface area contributed by atoms with Crippen LogP contribution in [0.25, 0.3) is 11.1 Å². The maximum Gasteiger partial charge on any atom is 0.0184 e. The SMILES string of the molecule is Brc1cc(CC(c2ccccc2)c2ccccc2)cc(-c2ccccc2)c1. The lowest BCUT2D eigenvalue weighted by molar-refractivity contribution is 0.805. The van der Waals surface area contributed by atoms with Gasteiger partial charge in [-0.1, -0.05) is 113 Å². The number of halogens is 1. The normalized spacial score (nSPS) is 10.9. The van der Waals surface area contributed by atoms with Gasteiger partial charge in [-0.2, -0.15) is 0 Å². The maximum atomic E-state index is 3.71. The predicted molar refractivity (Wildman–Crippen MR) is 118 cm³/mol. The van der Waals surface area contributed by atoms with Gasteiger partial charge in [0, 0.05) is 10.4 Å². The summed E-state index contributed by atoms with van der Waals surface area (Å²) in [4.78, 5) is 0. The number of hydrogen-bond acceptors (Lipinski definition) is 0. The Labute approximate surface area is 169 Å². The second kappa shape index (κ2) is 8.37. The minimum absolute atomic E-state index is 0.338. The molecule has 0 N–H and O–H groups in total. The van der Waals surface area contributed by atoms with Gasteiger partial charge in [0.25, 0.3) is 0 Å². The molecule has 1 heteroatoms. The Hall–Kier alpha value is -2.64. The lowest BCUT2D eigenvalue weighted by Gasteiger charge is -2.19. The molecule has 0 aromatic heterocycles. The van der Waals surface area contributed by atoms with Crippen molar-refractivity contribution in [2.75, 3.05) is 0 Å². The van der Waals surface area contributed by atoms with Gasteiger partial charge in [-0.15, -0.1) is 0 Å². The first kappa shape index (κ1) is 17.8. The number of rotatable bonds is 5. The van der Waals surface area contributed by atoms with Crippen molar-refractivity contribution >= 4 is 15.9 Å². The molecule has 0 atom stereocenters. The third kappa shape index (κ3) is 4.37. The molecule has 4 aromatic carbocycles. The maximum absolute atomic E-state index is 3.71. The lowest BCUT2D eigenvalue weighted by Crippen LogP contribution is -2.05. The average Bonchev–Trinajstić information content (AvgIpc) is 2.73. The van der Waals surface area contributed by atoms with Crippen LogP contribution in [-0.2, 0) is 6.42 Å². The molecule has 0 aliphatic heterocycles. The molecule has 0 saturated heterocycles. The zero-order chi connectivity index (χ0) is 18.5. The van der Waals surface area contributed by atoms with Crippen molar-refractivity contribution in [1.29, 1.82) is 0 Å². The smallest absolute Gasteiger partial charge is 0.0184 e. The molecule has 0 aliphatic carbocycles. The molecule has 0 unspecified atom stereocenters. The van der Waals surface area contributed by atoms with Crippen molar-refractivity contribution in [3.8, 4) is 11.1 Å². The summed E-state index contributed by atoms with van der Waals surface area (Å²) in [6.45, 7) is 0. The van der Waals surface area contributed by atoms with Crippen LogP contribution in [0.1, 0.15) is 22.6 Å². The van der Waals surface area contributed by atoms with E-state index in [-0.39, 0.29) is 0 Å². The van der Waals surface area contributed by atoms with Crippen LogP contribution in [0.15, 0.2) is 114 Å². The molecule has 0 heterocycles. The van der Waals surface area contributed by atoms with Gasteiger partial charge < -0.3 is 0 Å². The highest BCUT2D eigenvalue weighted by Gasteiger charge is 2.15. The van der Waals surface area contributed by atoms with Crippen molar-refractivity contribution in [1.82, 2.24) is 0 Å². The van der Waals surface area contributed by atoms with Gasteiger partial charge in [0.2, 0.25) is 0 Å². The van der Waals surface area contributed by atoms with E-state index in [1.807, 2.05) is 0 Å². The summed E-state index contributed by atoms with van der Waals surface area (Å²) in [5.74, 6) is 0.338. The lowest BCUT2D eigenvalue weighted by atomic mass is 9.85. The molecule has 0 amide bonds. The van der Waals surface area contributed by atoms with Gasteiger partial charge in [0.1, 0.15) is 0 Å². The summed E-state index contributed by atoms with van der Waals surface area (Å²) in [5, 5.41) is 0. The monoisotopic (exact) mass is 412 g/mol. The van der Waals surface area contributed by atoms with Crippen molar-refractivity contribution in [3.05, 3.63) is 130 Å². The van der Waals surface area contributed by atoms with Gasteiger partial charge in [-0.05, 0) is 46.4 Å². The van der Waals surface area contributed by atoms with Gasteiger partial charge in [-0.3, -0.25) is 0 Å². The van der Waals surface area contributed by atoms with Gasteiger partial charge in [0.15, 0.2) is 0 Å². The first-order chi connectivity index (χ1) is 13.3. The van der Waals surface area contributed by atoms with E-state index in [9.17, 15) is 0 Å². The second-order valence-electron chi connectivity index (χ2n) is 6.79. The fourth-order valence-electron chi connectivity index (χ4n) is 3.60. The van der Waals surface area contributed by atoms with Crippen LogP contribution in [0.2, 0.25) is 0 Å². The van der Waals surface area contributed by atoms with Crippen LogP contribution < -0.4 is 0 Å². The highest BCUT2D eigenvalue weighted by molar-refractivity contribution is 9.10. The molecule has 132 valence electrons. The van der Waals surface area contributed by atoms with E-state index < -0.39 is 0 Å². The third-order valence-electron chi connectivity index (χ3n) is 4.91. The fraction of sp³-hybridized carbons (Fsp3) is 0.0769. The van der Waals surface area contributed by atoms with E-state index in [4.69, 9.17) is 0 Å². The Morgan fingerprint density at radius 1 is 0.556 bits per heavy atom. The second-order valence-corrected chi connectivity index (χ2v) is 7.71. The van der Waals surface area contributed by atoms with Crippen LogP contribution in [0.5, 0.6) is 0 Å². The first-order valence-electron chi connectivity index (χ1n) is 9.24. The minimum Gasteiger partial charge on any atom is -0.0622 e. The molecule has 0 spiro atoms. The Morgan fingerprint density at radius 3 is 1.63 bits per heavy atom. The van der Waals surface area contributed by atoms with Crippen LogP contribution in [0.4, 0.5) is 0 Å². The van der Waals surface area contributed by atoms with E-state index in [0.717, 1.165) is 10.9 Å². The quantitative estimate of drug-likeness (QED) is 0.318. The largest absolute Gasteiger partial charge is 0.0622 e. The van der Waals surface area contributed by atoms with Crippen molar-refractivity contribution < 1.29 is 0 Å². The zero-order valence-electron chi connectivity index (χ0n) is 15.1. The summed E-state index contributed by atoms with van der Waals surface area (Å²) >= 11 is 3.71. The molecule has 0 nitrogen and oxygen atoms in total. The molecule has 0 aliphatic rings. The Kier molecular flexibility index (Phi) is 5.50. The molecule has 27 heavy (non-hydrogen) atoms. The fourth-order valence-corrected chi connectivity index (χ4v) is 4.14. The molecular weight excluding hydrogens is 392 g/mol. The van der Waals surface area contributed by atoms with Crippen molar-refractivity contribution in [2.45, 2.75) is 12.3 Å². The molecule has 0 bridgehead atoms. The first-order valence-corrected chi connectivity index (χ1v) is 10.0. The molecule has 0 saturated carbocycles. The van der Waals surface area contributed by atoms with Crippen molar-refractivity contribution in [2.24, 2.45) is 0 Å². The summed E-state index contributed by atoms with van der Waals surface area (Å²) in [5.41, 5.74) is 6.53. The van der Waals surface area contributed by atoms with E-state index in [0.29, 0.717) is 5.92 Å². The van der Waals surface area contributed by atoms with Crippen molar-refractivity contribution in [3.63, 3.8) is 0 Å². The van der Waals surface area contributed by atoms with E-state index >= 15 is 0 Å². The average molecular weight is 413 g/mol. The van der Waals surface area contributed by atoms with Gasteiger partial charge in [-0.25, -0.2) is 0 Å². The summed E-state index contributed by atoms with van der Waals surface area (Å²) in [7, 11) is 0. The molecule has 4 rings (SSSR count). The minimum atomic E-state index is 0.338. The third-order valence-corrected chi connectivity index (χ3v) is 5.37. The molecule has 0 fully saturated rings. The summed E-state index contributed by atoms with van der Waals surface area (Å²) < 4.78 is 1.12. The Bertz CT molecular complexity index is 953. The molecule has 4 aromatic rings. The standard InChI is InChI=1S/C26H21Br/c27-25-17-20(16-24(19-25)21-10-4-1-5-11-21)18-26(22-12-6-2-7-13-22)23-14-8-3-9-15-23/h1-17,19,26H,18H2. The highest BCUT2D eigenvalue weighted by atomic mass is 79.9. The van der Waals surface area contributed by atoms with Crippen LogP contribution in [0, 0.1) is 0 Å². The summed E-state index contributed by atoms with van der Waals surface area (Å²) in [6, 6.07) is 38.9. The topological polar surface area (TPSA) is 0 Å². The Morgan fingerprint density at radius 2 is 1.07 bits per heavy atom. The highest BCUT2D eigenvalue weighted by Crippen LogP contribution is 2.32. The number of benzene rings is 4. The molecule has 0 radical (unpaired) electrons. The zero-order valence-corrected chi connectivity index (χ0v) is 16.6. The van der Waals surface area contributed by atoms with E-state index in [1.54, 1.807) is 0 Å². The summed E-state index contributed by atoms with van der Waals surface area (Å²) in [6.07, 6.45) is 0.966. The van der Waals surface area contributed by atoms with Crippen LogP contribution >= 0.6 is 15.9 Å². The van der Waals surface area contributed by atoms with Crippen LogP contribution in [-0.4, -0.2) is 0 Å².